The van der Waals surface area contributed by atoms with Crippen LogP contribution in [0.5, 0.6) is 0 Å². The third-order valence-corrected chi connectivity index (χ3v) is 18.3. The van der Waals surface area contributed by atoms with Crippen LogP contribution in [-0.2, 0) is 55.8 Å². The predicted octanol–water partition coefficient (Wildman–Crippen LogP) is 24.0. The SMILES string of the molecule is CC/C=C\C/C=C\C/C=C\C/C=C\C/C=C\C/C=C\CCCCC(=O)OCC(COP(=O)(O)OCC(O)COP(=O)(O)OCC(O)COC(=O)CCCCCCCCCCCCCCCCC/C=C\C/C=C\C/C=C\C/C=C\C/C=C\CC)OC(=O)CCCCCCCCC/C=C\C/C=C\C/C=C\CC. The zero-order valence-electron chi connectivity index (χ0n) is 65.3. The van der Waals surface area contributed by atoms with Crippen LogP contribution in [-0.4, -0.2) is 95.9 Å². The van der Waals surface area contributed by atoms with E-state index in [9.17, 15) is 43.5 Å². The zero-order valence-corrected chi connectivity index (χ0v) is 67.1. The van der Waals surface area contributed by atoms with Gasteiger partial charge in [-0.1, -0.05) is 306 Å². The van der Waals surface area contributed by atoms with Crippen molar-refractivity contribution in [3.05, 3.63) is 170 Å². The molecular formula is C87H144O16P2. The van der Waals surface area contributed by atoms with Crippen molar-refractivity contribution in [1.82, 2.24) is 0 Å². The molecule has 0 fully saturated rings. The van der Waals surface area contributed by atoms with Crippen molar-refractivity contribution < 1.29 is 75.8 Å². The standard InChI is InChI=1S/C87H144O16P2/c1-4-7-10-13-16-19-22-25-28-31-33-35-36-37-38-39-40-41-42-43-44-46-48-50-52-55-58-61-64-67-70-73-85(90)97-76-82(88)77-99-104(93,94)100-78-83(89)79-101-105(95,96)102-81-84(103-87(92)75-72-69-66-63-60-57-54-49-30-27-24-21-18-15-12-9-6-3)80-98-86(91)74-71-68-65-62-59-56-53-51-47-45-34-32-29-26-23-20-17-14-11-8-5-2/h7-12,16-21,25-30,33-35,37-38,45,51,53,59,62,82-84,88-89H,4-6,13-15,22-24,31-32,36,39-44,46-50,52,54-58,60-61,63-81H2,1-3H3,(H,93,94)(H,95,96)/b10-7-,11-8-,12-9-,19-16-,20-17-,21-18-,28-25-,29-26-,30-27-,35-33-,38-37-,45-34-,53-51-,62-59-. The van der Waals surface area contributed by atoms with Gasteiger partial charge >= 0.3 is 33.6 Å². The fourth-order valence-electron chi connectivity index (χ4n) is 10.4. The number of hydrogen-bond acceptors (Lipinski definition) is 14. The Morgan fingerprint density at radius 2 is 0.476 bits per heavy atom. The number of unbranched alkanes of at least 4 members (excludes halogenated alkanes) is 24. The van der Waals surface area contributed by atoms with Crippen LogP contribution in [0.25, 0.3) is 0 Å². The van der Waals surface area contributed by atoms with Crippen LogP contribution in [0.4, 0.5) is 0 Å². The van der Waals surface area contributed by atoms with Gasteiger partial charge in [0.05, 0.1) is 26.4 Å². The van der Waals surface area contributed by atoms with Gasteiger partial charge < -0.3 is 34.2 Å². The Labute approximate surface area is 637 Å². The van der Waals surface area contributed by atoms with E-state index < -0.39 is 91.5 Å². The Morgan fingerprint density at radius 3 is 0.771 bits per heavy atom. The maximum atomic E-state index is 13.0. The summed E-state index contributed by atoms with van der Waals surface area (Å²) in [6.07, 6.45) is 99.8. The number of ether oxygens (including phenoxy) is 3. The van der Waals surface area contributed by atoms with Crippen LogP contribution >= 0.6 is 15.6 Å². The lowest BCUT2D eigenvalue weighted by molar-refractivity contribution is -0.161. The summed E-state index contributed by atoms with van der Waals surface area (Å²) in [5.74, 6) is -1.64. The van der Waals surface area contributed by atoms with Crippen molar-refractivity contribution in [3.63, 3.8) is 0 Å². The summed E-state index contributed by atoms with van der Waals surface area (Å²) in [6.45, 7) is 2.28. The number of allylic oxidation sites excluding steroid dienone is 28. The predicted molar refractivity (Wildman–Crippen MR) is 435 cm³/mol. The highest BCUT2D eigenvalue weighted by molar-refractivity contribution is 7.47. The number of phosphoric acid groups is 2. The van der Waals surface area contributed by atoms with Crippen molar-refractivity contribution in [2.24, 2.45) is 0 Å². The van der Waals surface area contributed by atoms with Crippen molar-refractivity contribution in [3.8, 4) is 0 Å². The second-order valence-corrected chi connectivity index (χ2v) is 29.3. The van der Waals surface area contributed by atoms with Crippen molar-refractivity contribution >= 4 is 33.6 Å². The van der Waals surface area contributed by atoms with E-state index in [0.717, 1.165) is 167 Å². The maximum Gasteiger partial charge on any atom is 0.472 e. The topological polar surface area (TPSA) is 231 Å². The summed E-state index contributed by atoms with van der Waals surface area (Å²) >= 11 is 0. The highest BCUT2D eigenvalue weighted by Gasteiger charge is 2.29. The second-order valence-electron chi connectivity index (χ2n) is 26.4. The van der Waals surface area contributed by atoms with E-state index in [1.165, 1.54) is 77.0 Å². The van der Waals surface area contributed by atoms with E-state index in [0.29, 0.717) is 19.3 Å². The van der Waals surface area contributed by atoms with E-state index in [2.05, 4.69) is 191 Å². The van der Waals surface area contributed by atoms with Crippen LogP contribution in [0.3, 0.4) is 0 Å². The molecule has 0 aliphatic heterocycles. The van der Waals surface area contributed by atoms with Gasteiger partial charge in [-0.2, -0.15) is 0 Å². The summed E-state index contributed by atoms with van der Waals surface area (Å²) in [4.78, 5) is 58.7. The van der Waals surface area contributed by atoms with Gasteiger partial charge in [0.15, 0.2) is 6.10 Å². The first-order chi connectivity index (χ1) is 51.2. The van der Waals surface area contributed by atoms with Gasteiger partial charge in [0.1, 0.15) is 25.4 Å². The molecule has 16 nitrogen and oxygen atoms in total. The Kier molecular flexibility index (Phi) is 74.7. The average molecular weight is 1510 g/mol. The molecular weight excluding hydrogens is 1360 g/mol. The third-order valence-electron chi connectivity index (χ3n) is 16.4. The lowest BCUT2D eigenvalue weighted by atomic mass is 10.0. The van der Waals surface area contributed by atoms with Crippen LogP contribution in [0.1, 0.15) is 303 Å². The number of carbonyl (C=O) groups excluding carboxylic acids is 3. The van der Waals surface area contributed by atoms with Gasteiger partial charge in [0.25, 0.3) is 0 Å². The Bertz CT molecular complexity index is 2590. The van der Waals surface area contributed by atoms with Gasteiger partial charge in [-0.05, 0) is 148 Å². The number of rotatable bonds is 75. The molecule has 598 valence electrons. The molecule has 0 saturated carbocycles. The first kappa shape index (κ1) is 99.9. The minimum Gasteiger partial charge on any atom is -0.463 e. The highest BCUT2D eigenvalue weighted by Crippen LogP contribution is 2.45. The average Bonchev–Trinajstić information content (AvgIpc) is 0.915. The highest BCUT2D eigenvalue weighted by atomic mass is 31.2. The number of esters is 3. The molecule has 0 aliphatic rings. The van der Waals surface area contributed by atoms with Crippen LogP contribution in [0.2, 0.25) is 0 Å². The van der Waals surface area contributed by atoms with Crippen molar-refractivity contribution in [1.29, 1.82) is 0 Å². The molecule has 0 aromatic carbocycles. The first-order valence-electron chi connectivity index (χ1n) is 40.4. The first-order valence-corrected chi connectivity index (χ1v) is 43.4. The molecule has 0 aromatic rings. The summed E-state index contributed by atoms with van der Waals surface area (Å²) in [5, 5.41) is 20.7. The van der Waals surface area contributed by atoms with Gasteiger partial charge in [0, 0.05) is 19.3 Å². The lowest BCUT2D eigenvalue weighted by Gasteiger charge is -2.21. The number of phosphoric ester groups is 2. The minimum absolute atomic E-state index is 0.0779. The molecule has 0 spiro atoms. The number of aliphatic hydroxyl groups is 2. The molecule has 0 rings (SSSR count). The molecule has 0 amide bonds. The third kappa shape index (κ3) is 79.8. The van der Waals surface area contributed by atoms with E-state index >= 15 is 0 Å². The number of hydrogen-bond donors (Lipinski definition) is 4. The van der Waals surface area contributed by atoms with Gasteiger partial charge in [0.2, 0.25) is 0 Å². The van der Waals surface area contributed by atoms with E-state index in [-0.39, 0.29) is 19.3 Å². The fraction of sp³-hybridized carbons (Fsp3) is 0.644. The number of aliphatic hydroxyl groups excluding tert-OH is 2. The Morgan fingerprint density at radius 1 is 0.267 bits per heavy atom. The van der Waals surface area contributed by atoms with Crippen molar-refractivity contribution in [2.75, 3.05) is 39.6 Å². The summed E-state index contributed by atoms with van der Waals surface area (Å²) in [7, 11) is -9.82. The lowest BCUT2D eigenvalue weighted by Crippen LogP contribution is -2.30. The van der Waals surface area contributed by atoms with E-state index in [1.54, 1.807) is 0 Å². The zero-order chi connectivity index (χ0) is 76.6. The fourth-order valence-corrected chi connectivity index (χ4v) is 12.0. The van der Waals surface area contributed by atoms with Gasteiger partial charge in [-0.25, -0.2) is 9.13 Å². The van der Waals surface area contributed by atoms with Crippen LogP contribution < -0.4 is 0 Å². The second kappa shape index (κ2) is 78.5. The molecule has 0 heterocycles. The Hall–Kier alpha value is -5.09. The number of carbonyl (C=O) groups is 3. The summed E-state index contributed by atoms with van der Waals surface area (Å²) < 4.78 is 61.1. The van der Waals surface area contributed by atoms with E-state index in [1.807, 2.05) is 0 Å². The maximum absolute atomic E-state index is 13.0. The molecule has 0 aromatic heterocycles. The quantitative estimate of drug-likeness (QED) is 0.0146. The van der Waals surface area contributed by atoms with E-state index in [4.69, 9.17) is 32.3 Å². The molecule has 0 bridgehead atoms. The molecule has 0 saturated heterocycles. The molecule has 5 atom stereocenters. The smallest absolute Gasteiger partial charge is 0.463 e. The minimum atomic E-state index is -4.95. The molecule has 5 unspecified atom stereocenters. The van der Waals surface area contributed by atoms with Gasteiger partial charge in [-0.15, -0.1) is 0 Å². The van der Waals surface area contributed by atoms with Crippen LogP contribution in [0, 0.1) is 0 Å². The molecule has 105 heavy (non-hydrogen) atoms. The largest absolute Gasteiger partial charge is 0.472 e. The van der Waals surface area contributed by atoms with Crippen molar-refractivity contribution in [2.45, 2.75) is 322 Å². The summed E-state index contributed by atoms with van der Waals surface area (Å²) in [6, 6.07) is 0. The molecule has 0 aliphatic carbocycles. The molecule has 0 radical (unpaired) electrons. The Balaban J connectivity index is 4.57. The summed E-state index contributed by atoms with van der Waals surface area (Å²) in [5.41, 5.74) is 0. The normalized spacial score (nSPS) is 14.8. The molecule has 4 N–H and O–H groups in total. The van der Waals surface area contributed by atoms with Gasteiger partial charge in [-0.3, -0.25) is 32.5 Å². The van der Waals surface area contributed by atoms with Crippen LogP contribution in [0.15, 0.2) is 170 Å². The molecule has 18 heteroatoms. The monoisotopic (exact) mass is 1510 g/mol.